The van der Waals surface area contributed by atoms with Crippen molar-refractivity contribution < 1.29 is 18.7 Å². The average Bonchev–Trinajstić information content (AvgIpc) is 3.17. The number of carbonyl (C=O) groups is 2. The molecule has 1 aliphatic heterocycles. The number of benzene rings is 1. The number of hydrogen-bond acceptors (Lipinski definition) is 4. The maximum Gasteiger partial charge on any atom is 0.287 e. The van der Waals surface area contributed by atoms with E-state index in [2.05, 4.69) is 5.32 Å². The van der Waals surface area contributed by atoms with Crippen molar-refractivity contribution in [1.82, 2.24) is 10.2 Å². The van der Waals surface area contributed by atoms with Crippen molar-refractivity contribution in [2.75, 3.05) is 13.1 Å². The topological polar surface area (TPSA) is 71.8 Å². The van der Waals surface area contributed by atoms with Gasteiger partial charge in [-0.25, -0.2) is 0 Å². The van der Waals surface area contributed by atoms with Gasteiger partial charge < -0.3 is 19.4 Å². The molecule has 2 heterocycles. The molecule has 0 aliphatic carbocycles. The molecule has 144 valence electrons. The molecule has 2 aromatic rings. The predicted molar refractivity (Wildman–Crippen MR) is 102 cm³/mol. The molecule has 3 rings (SSSR count). The lowest BCUT2D eigenvalue weighted by molar-refractivity contribution is -0.133. The first-order valence-corrected chi connectivity index (χ1v) is 9.47. The Balaban J connectivity index is 1.51. The number of amides is 2. The lowest BCUT2D eigenvalue weighted by atomic mass is 10.1. The van der Waals surface area contributed by atoms with Gasteiger partial charge in [-0.1, -0.05) is 11.6 Å². The van der Waals surface area contributed by atoms with E-state index in [1.54, 1.807) is 43.3 Å². The van der Waals surface area contributed by atoms with Gasteiger partial charge in [0.25, 0.3) is 5.91 Å². The molecule has 0 saturated carbocycles. The summed E-state index contributed by atoms with van der Waals surface area (Å²) < 4.78 is 11.1. The second-order valence-corrected chi connectivity index (χ2v) is 7.03. The van der Waals surface area contributed by atoms with Gasteiger partial charge in [0.05, 0.1) is 0 Å². The molecular formula is C20H23ClN2O4. The van der Waals surface area contributed by atoms with Crippen molar-refractivity contribution in [3.05, 3.63) is 52.9 Å². The van der Waals surface area contributed by atoms with E-state index in [9.17, 15) is 9.59 Å². The third kappa shape index (κ3) is 5.26. The summed E-state index contributed by atoms with van der Waals surface area (Å²) in [5, 5.41) is 3.34. The summed E-state index contributed by atoms with van der Waals surface area (Å²) in [6, 6.07) is 9.65. The van der Waals surface area contributed by atoms with E-state index in [4.69, 9.17) is 20.8 Å². The number of ether oxygens (including phenoxy) is 1. The molecule has 1 saturated heterocycles. The molecule has 1 N–H and O–H groups in total. The fourth-order valence-corrected chi connectivity index (χ4v) is 3.11. The molecule has 1 aromatic carbocycles. The van der Waals surface area contributed by atoms with Crippen LogP contribution in [-0.4, -0.2) is 35.8 Å². The second kappa shape index (κ2) is 8.95. The zero-order valence-corrected chi connectivity index (χ0v) is 16.0. The van der Waals surface area contributed by atoms with Gasteiger partial charge in [0, 0.05) is 18.1 Å². The summed E-state index contributed by atoms with van der Waals surface area (Å²) >= 11 is 5.83. The van der Waals surface area contributed by atoms with Crippen LogP contribution in [0.5, 0.6) is 5.75 Å². The number of likely N-dealkylation sites (tertiary alicyclic amines) is 1. The fourth-order valence-electron chi connectivity index (χ4n) is 2.98. The van der Waals surface area contributed by atoms with Gasteiger partial charge in [-0.05, 0) is 62.6 Å². The molecule has 27 heavy (non-hydrogen) atoms. The largest absolute Gasteiger partial charge is 0.486 e. The molecule has 1 aromatic heterocycles. The third-order valence-electron chi connectivity index (χ3n) is 4.47. The van der Waals surface area contributed by atoms with E-state index < -0.39 is 11.9 Å². The monoisotopic (exact) mass is 390 g/mol. The van der Waals surface area contributed by atoms with Gasteiger partial charge in [0.15, 0.2) is 5.76 Å². The van der Waals surface area contributed by atoms with Crippen LogP contribution in [0.1, 0.15) is 42.5 Å². The Labute approximate surface area is 163 Å². The Hall–Kier alpha value is -2.47. The van der Waals surface area contributed by atoms with Gasteiger partial charge in [0.2, 0.25) is 5.91 Å². The highest BCUT2D eigenvalue weighted by Gasteiger charge is 2.24. The number of carbonyl (C=O) groups excluding carboxylic acids is 2. The molecule has 0 bridgehead atoms. The molecule has 6 nitrogen and oxygen atoms in total. The van der Waals surface area contributed by atoms with Crippen LogP contribution in [0.2, 0.25) is 5.02 Å². The second-order valence-electron chi connectivity index (χ2n) is 6.59. The standard InChI is InChI=1S/C20H23ClN2O4/c1-14(20(25)23-11-3-2-4-12-23)22-19(24)18-10-9-17(27-18)13-26-16-7-5-15(21)6-8-16/h5-10,14H,2-4,11-13H2,1H3,(H,22,24). The van der Waals surface area contributed by atoms with Gasteiger partial charge in [-0.2, -0.15) is 0 Å². The number of hydrogen-bond donors (Lipinski definition) is 1. The van der Waals surface area contributed by atoms with Crippen molar-refractivity contribution in [2.45, 2.75) is 38.8 Å². The quantitative estimate of drug-likeness (QED) is 0.817. The highest BCUT2D eigenvalue weighted by atomic mass is 35.5. The number of piperidine rings is 1. The van der Waals surface area contributed by atoms with Crippen molar-refractivity contribution >= 4 is 23.4 Å². The summed E-state index contributed by atoms with van der Waals surface area (Å²) in [4.78, 5) is 26.5. The molecule has 1 fully saturated rings. The highest BCUT2D eigenvalue weighted by molar-refractivity contribution is 6.30. The number of furan rings is 1. The van der Waals surface area contributed by atoms with Crippen LogP contribution in [0.4, 0.5) is 0 Å². The number of halogens is 1. The number of rotatable bonds is 6. The third-order valence-corrected chi connectivity index (χ3v) is 4.72. The van der Waals surface area contributed by atoms with E-state index in [0.29, 0.717) is 16.5 Å². The molecular weight excluding hydrogens is 368 g/mol. The predicted octanol–water partition coefficient (Wildman–Crippen LogP) is 3.64. The zero-order valence-electron chi connectivity index (χ0n) is 15.2. The van der Waals surface area contributed by atoms with Crippen LogP contribution >= 0.6 is 11.6 Å². The van der Waals surface area contributed by atoms with Crippen LogP contribution in [-0.2, 0) is 11.4 Å². The van der Waals surface area contributed by atoms with E-state index >= 15 is 0 Å². The fraction of sp³-hybridized carbons (Fsp3) is 0.400. The summed E-state index contributed by atoms with van der Waals surface area (Å²) in [6.07, 6.45) is 3.18. The van der Waals surface area contributed by atoms with E-state index in [-0.39, 0.29) is 18.3 Å². The first-order valence-electron chi connectivity index (χ1n) is 9.09. The maximum atomic E-state index is 12.4. The lowest BCUT2D eigenvalue weighted by Gasteiger charge is -2.29. The molecule has 2 amide bonds. The van der Waals surface area contributed by atoms with E-state index in [0.717, 1.165) is 32.4 Å². The normalized spacial score (nSPS) is 15.3. The van der Waals surface area contributed by atoms with E-state index in [1.807, 2.05) is 4.90 Å². The summed E-state index contributed by atoms with van der Waals surface area (Å²) in [5.41, 5.74) is 0. The first-order chi connectivity index (χ1) is 13.0. The minimum absolute atomic E-state index is 0.0547. The zero-order chi connectivity index (χ0) is 19.2. The van der Waals surface area contributed by atoms with Crippen LogP contribution < -0.4 is 10.1 Å². The Kier molecular flexibility index (Phi) is 6.40. The lowest BCUT2D eigenvalue weighted by Crippen LogP contribution is -2.48. The average molecular weight is 391 g/mol. The Morgan fingerprint density at radius 2 is 1.85 bits per heavy atom. The number of nitrogens with zero attached hydrogens (tertiary/aromatic N) is 1. The molecule has 0 spiro atoms. The van der Waals surface area contributed by atoms with Gasteiger partial charge >= 0.3 is 0 Å². The number of nitrogens with one attached hydrogen (secondary N) is 1. The molecule has 1 atom stereocenters. The minimum atomic E-state index is -0.588. The molecule has 1 unspecified atom stereocenters. The van der Waals surface area contributed by atoms with Gasteiger partial charge in [0.1, 0.15) is 24.2 Å². The van der Waals surface area contributed by atoms with Crippen molar-refractivity contribution in [3.63, 3.8) is 0 Å². The van der Waals surface area contributed by atoms with Crippen molar-refractivity contribution in [1.29, 1.82) is 0 Å². The van der Waals surface area contributed by atoms with Crippen LogP contribution in [0, 0.1) is 0 Å². The van der Waals surface area contributed by atoms with Gasteiger partial charge in [-0.3, -0.25) is 9.59 Å². The van der Waals surface area contributed by atoms with Crippen molar-refractivity contribution in [3.8, 4) is 5.75 Å². The van der Waals surface area contributed by atoms with Crippen molar-refractivity contribution in [2.24, 2.45) is 0 Å². The Morgan fingerprint density at radius 3 is 2.56 bits per heavy atom. The summed E-state index contributed by atoms with van der Waals surface area (Å²) in [7, 11) is 0. The van der Waals surface area contributed by atoms with Crippen LogP contribution in [0.25, 0.3) is 0 Å². The Bertz CT molecular complexity index is 782. The van der Waals surface area contributed by atoms with Crippen LogP contribution in [0.3, 0.4) is 0 Å². The van der Waals surface area contributed by atoms with E-state index in [1.165, 1.54) is 0 Å². The summed E-state index contributed by atoms with van der Waals surface area (Å²) in [6.45, 7) is 3.40. The molecule has 7 heteroatoms. The minimum Gasteiger partial charge on any atom is -0.486 e. The highest BCUT2D eigenvalue weighted by Crippen LogP contribution is 2.18. The SMILES string of the molecule is CC(NC(=O)c1ccc(COc2ccc(Cl)cc2)o1)C(=O)N1CCCCC1. The smallest absolute Gasteiger partial charge is 0.287 e. The first kappa shape index (κ1) is 19.3. The maximum absolute atomic E-state index is 12.4. The molecule has 0 radical (unpaired) electrons. The molecule has 1 aliphatic rings. The Morgan fingerprint density at radius 1 is 1.15 bits per heavy atom. The van der Waals surface area contributed by atoms with Gasteiger partial charge in [-0.15, -0.1) is 0 Å². The summed E-state index contributed by atoms with van der Waals surface area (Å²) in [5.74, 6) is 0.863. The van der Waals surface area contributed by atoms with Crippen LogP contribution in [0.15, 0.2) is 40.8 Å².